The molecule has 84 valence electrons. The third-order valence-corrected chi connectivity index (χ3v) is 2.94. The number of hydrogen-bond donors (Lipinski definition) is 1. The zero-order chi connectivity index (χ0) is 11.6. The summed E-state index contributed by atoms with van der Waals surface area (Å²) in [6.45, 7) is 1.84. The zero-order valence-electron chi connectivity index (χ0n) is 8.80. The Morgan fingerprint density at radius 3 is 2.27 bits per heavy atom. The van der Waals surface area contributed by atoms with E-state index in [4.69, 9.17) is 26.8 Å². The summed E-state index contributed by atoms with van der Waals surface area (Å²) in [5.41, 5.74) is 6.58. The van der Waals surface area contributed by atoms with Gasteiger partial charge in [0.15, 0.2) is 11.5 Å². The quantitative estimate of drug-likeness (QED) is 0.931. The van der Waals surface area contributed by atoms with Gasteiger partial charge in [-0.05, 0) is 28.9 Å². The monoisotopic (exact) mass is 293 g/mol. The van der Waals surface area contributed by atoms with Crippen molar-refractivity contribution in [1.82, 2.24) is 0 Å². The summed E-state index contributed by atoms with van der Waals surface area (Å²) in [5.74, 6) is 1.18. The molecule has 1 aromatic rings. The van der Waals surface area contributed by atoms with Gasteiger partial charge in [0.05, 0.1) is 23.7 Å². The van der Waals surface area contributed by atoms with Gasteiger partial charge in [0.25, 0.3) is 0 Å². The first-order chi connectivity index (χ1) is 7.02. The van der Waals surface area contributed by atoms with Gasteiger partial charge in [0, 0.05) is 11.6 Å². The molecule has 1 unspecified atom stereocenters. The van der Waals surface area contributed by atoms with Gasteiger partial charge in [0.2, 0.25) is 0 Å². The van der Waals surface area contributed by atoms with Crippen molar-refractivity contribution in [2.45, 2.75) is 13.0 Å². The summed E-state index contributed by atoms with van der Waals surface area (Å²) in [7, 11) is 3.13. The maximum absolute atomic E-state index is 6.09. The lowest BCUT2D eigenvalue weighted by atomic mass is 10.1. The molecule has 0 fully saturated rings. The lowest BCUT2D eigenvalue weighted by molar-refractivity contribution is 0.348. The predicted molar refractivity (Wildman–Crippen MR) is 64.9 cm³/mol. The second-order valence-corrected chi connectivity index (χ2v) is 4.37. The van der Waals surface area contributed by atoms with Crippen LogP contribution in [0.3, 0.4) is 0 Å². The average molecular weight is 295 g/mol. The van der Waals surface area contributed by atoms with Crippen molar-refractivity contribution in [2.75, 3.05) is 14.2 Å². The molecule has 1 aromatic carbocycles. The summed E-state index contributed by atoms with van der Waals surface area (Å²) in [5, 5.41) is 0.564. The Balaban J connectivity index is 3.49. The number of benzene rings is 1. The predicted octanol–water partition coefficient (Wildman–Crippen LogP) is 3.14. The van der Waals surface area contributed by atoms with E-state index in [9.17, 15) is 0 Å². The minimum atomic E-state index is -0.213. The Bertz CT molecular complexity index is 369. The van der Waals surface area contributed by atoms with E-state index in [2.05, 4.69) is 15.9 Å². The van der Waals surface area contributed by atoms with Crippen molar-refractivity contribution in [3.8, 4) is 11.5 Å². The fourth-order valence-corrected chi connectivity index (χ4v) is 2.48. The fourth-order valence-electron chi connectivity index (χ4n) is 1.41. The van der Waals surface area contributed by atoms with E-state index in [0.29, 0.717) is 16.5 Å². The fraction of sp³-hybridized carbons (Fsp3) is 0.400. The largest absolute Gasteiger partial charge is 0.492 e. The summed E-state index contributed by atoms with van der Waals surface area (Å²) in [6, 6.07) is 1.54. The minimum absolute atomic E-state index is 0.213. The summed E-state index contributed by atoms with van der Waals surface area (Å²) in [6.07, 6.45) is 0. The van der Waals surface area contributed by atoms with Gasteiger partial charge in [-0.15, -0.1) is 0 Å². The SMILES string of the molecule is COc1c(Br)cc(Cl)c(C(C)N)c1OC. The lowest BCUT2D eigenvalue weighted by Crippen LogP contribution is -2.09. The number of halogens is 2. The van der Waals surface area contributed by atoms with Gasteiger partial charge in [-0.3, -0.25) is 0 Å². The average Bonchev–Trinajstić information content (AvgIpc) is 2.15. The van der Waals surface area contributed by atoms with Crippen LogP contribution in [-0.2, 0) is 0 Å². The highest BCUT2D eigenvalue weighted by Crippen LogP contribution is 2.43. The molecule has 0 radical (unpaired) electrons. The molecule has 0 heterocycles. The summed E-state index contributed by atoms with van der Waals surface area (Å²) >= 11 is 9.44. The third kappa shape index (κ3) is 2.38. The standard InChI is InChI=1S/C10H13BrClNO2/c1-5(13)8-7(12)4-6(11)9(14-2)10(8)15-3/h4-5H,13H2,1-3H3. The molecule has 2 N–H and O–H groups in total. The Labute approximate surface area is 103 Å². The Kier molecular flexibility index (Phi) is 4.25. The van der Waals surface area contributed by atoms with Gasteiger partial charge in [-0.2, -0.15) is 0 Å². The van der Waals surface area contributed by atoms with Gasteiger partial charge in [-0.1, -0.05) is 11.6 Å². The first kappa shape index (κ1) is 12.6. The van der Waals surface area contributed by atoms with Crippen molar-refractivity contribution in [3.63, 3.8) is 0 Å². The number of nitrogens with two attached hydrogens (primary N) is 1. The van der Waals surface area contributed by atoms with Crippen LogP contribution in [0.25, 0.3) is 0 Å². The molecule has 0 spiro atoms. The summed E-state index contributed by atoms with van der Waals surface area (Å²) in [4.78, 5) is 0. The highest BCUT2D eigenvalue weighted by atomic mass is 79.9. The third-order valence-electron chi connectivity index (χ3n) is 2.04. The normalized spacial score (nSPS) is 12.4. The minimum Gasteiger partial charge on any atom is -0.492 e. The zero-order valence-corrected chi connectivity index (χ0v) is 11.1. The number of hydrogen-bond acceptors (Lipinski definition) is 3. The van der Waals surface area contributed by atoms with E-state index in [1.54, 1.807) is 20.3 Å². The highest BCUT2D eigenvalue weighted by molar-refractivity contribution is 9.10. The summed E-state index contributed by atoms with van der Waals surface area (Å²) < 4.78 is 11.2. The van der Waals surface area contributed by atoms with Crippen LogP contribution < -0.4 is 15.2 Å². The van der Waals surface area contributed by atoms with Crippen LogP contribution in [0, 0.1) is 0 Å². The van der Waals surface area contributed by atoms with Crippen LogP contribution in [0.15, 0.2) is 10.5 Å². The van der Waals surface area contributed by atoms with E-state index >= 15 is 0 Å². The molecule has 0 bridgehead atoms. The molecule has 0 amide bonds. The first-order valence-corrected chi connectivity index (χ1v) is 5.55. The van der Waals surface area contributed by atoms with Crippen molar-refractivity contribution < 1.29 is 9.47 Å². The molecule has 1 atom stereocenters. The van der Waals surface area contributed by atoms with Crippen LogP contribution in [0.2, 0.25) is 5.02 Å². The van der Waals surface area contributed by atoms with E-state index in [-0.39, 0.29) is 6.04 Å². The topological polar surface area (TPSA) is 44.5 Å². The molecular formula is C10H13BrClNO2. The molecular weight excluding hydrogens is 281 g/mol. The molecule has 5 heteroatoms. The molecule has 15 heavy (non-hydrogen) atoms. The second-order valence-electron chi connectivity index (χ2n) is 3.11. The maximum atomic E-state index is 6.09. The van der Waals surface area contributed by atoms with Gasteiger partial charge in [-0.25, -0.2) is 0 Å². The van der Waals surface area contributed by atoms with Crippen molar-refractivity contribution in [1.29, 1.82) is 0 Å². The van der Waals surface area contributed by atoms with Gasteiger partial charge in [0.1, 0.15) is 0 Å². The first-order valence-electron chi connectivity index (χ1n) is 4.38. The van der Waals surface area contributed by atoms with Crippen LogP contribution in [0.5, 0.6) is 11.5 Å². The van der Waals surface area contributed by atoms with Crippen LogP contribution in [0.4, 0.5) is 0 Å². The number of methoxy groups -OCH3 is 2. The molecule has 0 saturated heterocycles. The lowest BCUT2D eigenvalue weighted by Gasteiger charge is -2.17. The molecule has 0 aliphatic rings. The van der Waals surface area contributed by atoms with Crippen molar-refractivity contribution in [2.24, 2.45) is 5.73 Å². The molecule has 3 nitrogen and oxygen atoms in total. The molecule has 0 aromatic heterocycles. The number of rotatable bonds is 3. The van der Waals surface area contributed by atoms with Crippen molar-refractivity contribution >= 4 is 27.5 Å². The van der Waals surface area contributed by atoms with Crippen LogP contribution in [-0.4, -0.2) is 14.2 Å². The Morgan fingerprint density at radius 1 is 1.33 bits per heavy atom. The molecule has 0 aliphatic heterocycles. The molecule has 0 saturated carbocycles. The van der Waals surface area contributed by atoms with Gasteiger partial charge >= 0.3 is 0 Å². The second kappa shape index (κ2) is 5.05. The molecule has 0 aliphatic carbocycles. The van der Waals surface area contributed by atoms with E-state index in [0.717, 1.165) is 10.0 Å². The van der Waals surface area contributed by atoms with Gasteiger partial charge < -0.3 is 15.2 Å². The highest BCUT2D eigenvalue weighted by Gasteiger charge is 2.20. The smallest absolute Gasteiger partial charge is 0.175 e. The molecule has 1 rings (SSSR count). The van der Waals surface area contributed by atoms with E-state index in [1.807, 2.05) is 6.92 Å². The Morgan fingerprint density at radius 2 is 1.87 bits per heavy atom. The Hall–Kier alpha value is -0.450. The van der Waals surface area contributed by atoms with Crippen LogP contribution in [0.1, 0.15) is 18.5 Å². The van der Waals surface area contributed by atoms with E-state index in [1.165, 1.54) is 0 Å². The number of ether oxygens (including phenoxy) is 2. The van der Waals surface area contributed by atoms with E-state index < -0.39 is 0 Å². The van der Waals surface area contributed by atoms with Crippen LogP contribution >= 0.6 is 27.5 Å². The maximum Gasteiger partial charge on any atom is 0.175 e. The van der Waals surface area contributed by atoms with Crippen molar-refractivity contribution in [3.05, 3.63) is 21.1 Å².